The largest absolute Gasteiger partial charge is 0.416 e. The van der Waals surface area contributed by atoms with Gasteiger partial charge in [-0.15, -0.1) is 0 Å². The summed E-state index contributed by atoms with van der Waals surface area (Å²) in [5.41, 5.74) is 0.187. The summed E-state index contributed by atoms with van der Waals surface area (Å²) in [6, 6.07) is 0.288. The molecule has 12 heavy (non-hydrogen) atoms. The second kappa shape index (κ2) is 2.51. The second-order valence-corrected chi connectivity index (χ2v) is 2.81. The highest BCUT2D eigenvalue weighted by Crippen LogP contribution is 2.18. The van der Waals surface area contributed by atoms with Crippen LogP contribution in [0.25, 0.3) is 0 Å². The zero-order valence-corrected chi connectivity index (χ0v) is 6.29. The highest BCUT2D eigenvalue weighted by molar-refractivity contribution is 5.92. The minimum absolute atomic E-state index is 0.187. The number of carbonyl (C=O) groups is 1. The topological polar surface area (TPSA) is 75.1 Å². The Labute approximate surface area is 67.8 Å². The summed E-state index contributed by atoms with van der Waals surface area (Å²) in [6.07, 6.45) is 3.17. The Morgan fingerprint density at radius 2 is 2.42 bits per heavy atom. The third kappa shape index (κ3) is 1.39. The summed E-state index contributed by atoms with van der Waals surface area (Å²) in [5, 5.41) is 2.71. The van der Waals surface area contributed by atoms with Crippen LogP contribution in [0.3, 0.4) is 0 Å². The van der Waals surface area contributed by atoms with E-state index in [1.54, 1.807) is 0 Å². The number of nitrogens with one attached hydrogen (secondary N) is 2. The van der Waals surface area contributed by atoms with Crippen molar-refractivity contribution in [2.75, 3.05) is 0 Å². The lowest BCUT2D eigenvalue weighted by atomic mass is 10.4. The average Bonchev–Trinajstić information content (AvgIpc) is 2.72. The molecule has 0 saturated heterocycles. The summed E-state index contributed by atoms with van der Waals surface area (Å²) in [7, 11) is 0. The van der Waals surface area contributed by atoms with Gasteiger partial charge in [-0.25, -0.2) is 4.79 Å². The van der Waals surface area contributed by atoms with Crippen molar-refractivity contribution in [1.29, 1.82) is 0 Å². The van der Waals surface area contributed by atoms with Gasteiger partial charge < -0.3 is 9.73 Å². The maximum atomic E-state index is 11.2. The van der Waals surface area contributed by atoms with Crippen molar-refractivity contribution in [2.45, 2.75) is 18.9 Å². The fraction of sp³-hybridized carbons (Fsp3) is 0.429. The van der Waals surface area contributed by atoms with E-state index in [0.717, 1.165) is 19.1 Å². The molecule has 0 unspecified atom stereocenters. The van der Waals surface area contributed by atoms with Gasteiger partial charge >= 0.3 is 5.76 Å². The number of carbonyl (C=O) groups excluding carboxylic acids is 1. The van der Waals surface area contributed by atoms with Crippen molar-refractivity contribution in [3.63, 3.8) is 0 Å². The van der Waals surface area contributed by atoms with Crippen LogP contribution in [0.2, 0.25) is 0 Å². The fourth-order valence-electron chi connectivity index (χ4n) is 0.882. The molecule has 1 fully saturated rings. The Kier molecular flexibility index (Phi) is 1.49. The number of aromatic amines is 1. The molecule has 0 aliphatic heterocycles. The van der Waals surface area contributed by atoms with Crippen LogP contribution in [0.1, 0.15) is 23.3 Å². The molecule has 1 amide bonds. The van der Waals surface area contributed by atoms with Gasteiger partial charge in [0.25, 0.3) is 5.91 Å². The number of amides is 1. The van der Waals surface area contributed by atoms with E-state index in [0.29, 0.717) is 0 Å². The lowest BCUT2D eigenvalue weighted by Gasteiger charge is -1.97. The molecule has 64 valence electrons. The smallest absolute Gasteiger partial charge is 0.416 e. The number of H-pyrrole nitrogens is 1. The van der Waals surface area contributed by atoms with E-state index in [-0.39, 0.29) is 17.6 Å². The van der Waals surface area contributed by atoms with E-state index >= 15 is 0 Å². The van der Waals surface area contributed by atoms with E-state index in [4.69, 9.17) is 0 Å². The number of rotatable bonds is 2. The monoisotopic (exact) mass is 168 g/mol. The Morgan fingerprint density at radius 3 is 2.92 bits per heavy atom. The maximum Gasteiger partial charge on any atom is 0.416 e. The van der Waals surface area contributed by atoms with E-state index in [1.807, 2.05) is 0 Å². The van der Waals surface area contributed by atoms with Crippen molar-refractivity contribution in [3.05, 3.63) is 22.5 Å². The van der Waals surface area contributed by atoms with Gasteiger partial charge in [-0.05, 0) is 12.8 Å². The molecule has 2 rings (SSSR count). The predicted molar refractivity (Wildman–Crippen MR) is 39.8 cm³/mol. The summed E-state index contributed by atoms with van der Waals surface area (Å²) in [6.45, 7) is 0. The SMILES string of the molecule is O=C(NC1CC1)c1coc(=O)[nH]1. The first-order valence-electron chi connectivity index (χ1n) is 3.74. The molecule has 5 heteroatoms. The zero-order valence-electron chi connectivity index (χ0n) is 6.29. The Bertz CT molecular complexity index is 348. The van der Waals surface area contributed by atoms with Crippen LogP contribution >= 0.6 is 0 Å². The molecule has 1 aliphatic carbocycles. The molecule has 0 bridgehead atoms. The van der Waals surface area contributed by atoms with Gasteiger partial charge in [0, 0.05) is 6.04 Å². The fourth-order valence-corrected chi connectivity index (χ4v) is 0.882. The van der Waals surface area contributed by atoms with Crippen LogP contribution < -0.4 is 11.1 Å². The molecule has 1 saturated carbocycles. The Balaban J connectivity index is 2.07. The van der Waals surface area contributed by atoms with Crippen molar-refractivity contribution in [3.8, 4) is 0 Å². The molecule has 1 heterocycles. The van der Waals surface area contributed by atoms with Crippen LogP contribution in [0, 0.1) is 0 Å². The van der Waals surface area contributed by atoms with Crippen LogP contribution in [0.4, 0.5) is 0 Å². The molecule has 0 atom stereocenters. The van der Waals surface area contributed by atoms with Gasteiger partial charge in [0.1, 0.15) is 12.0 Å². The van der Waals surface area contributed by atoms with E-state index in [9.17, 15) is 9.59 Å². The number of hydrogen-bond donors (Lipinski definition) is 2. The van der Waals surface area contributed by atoms with Crippen molar-refractivity contribution in [2.24, 2.45) is 0 Å². The summed E-state index contributed by atoms with van der Waals surface area (Å²) < 4.78 is 4.42. The molecule has 5 nitrogen and oxygen atoms in total. The van der Waals surface area contributed by atoms with Crippen molar-refractivity contribution < 1.29 is 9.21 Å². The highest BCUT2D eigenvalue weighted by Gasteiger charge is 2.24. The van der Waals surface area contributed by atoms with Crippen LogP contribution in [0.15, 0.2) is 15.5 Å². The van der Waals surface area contributed by atoms with Crippen molar-refractivity contribution in [1.82, 2.24) is 10.3 Å². The summed E-state index contributed by atoms with van der Waals surface area (Å²) >= 11 is 0. The highest BCUT2D eigenvalue weighted by atomic mass is 16.4. The predicted octanol–water partition coefficient (Wildman–Crippen LogP) is -0.140. The molecule has 0 aromatic carbocycles. The molecule has 2 N–H and O–H groups in total. The first-order valence-corrected chi connectivity index (χ1v) is 3.74. The molecular formula is C7H8N2O3. The zero-order chi connectivity index (χ0) is 8.55. The van der Waals surface area contributed by atoms with Gasteiger partial charge in [0.05, 0.1) is 0 Å². The number of hydrogen-bond acceptors (Lipinski definition) is 3. The Hall–Kier alpha value is -1.52. The van der Waals surface area contributed by atoms with Crippen LogP contribution in [-0.4, -0.2) is 16.9 Å². The quantitative estimate of drug-likeness (QED) is 0.645. The third-order valence-corrected chi connectivity index (χ3v) is 1.68. The van der Waals surface area contributed by atoms with Gasteiger partial charge in [0.2, 0.25) is 0 Å². The molecular weight excluding hydrogens is 160 g/mol. The first kappa shape index (κ1) is 7.15. The van der Waals surface area contributed by atoms with E-state index < -0.39 is 5.76 Å². The minimum atomic E-state index is -0.601. The first-order chi connectivity index (χ1) is 5.75. The van der Waals surface area contributed by atoms with Crippen molar-refractivity contribution >= 4 is 5.91 Å². The van der Waals surface area contributed by atoms with E-state index in [1.165, 1.54) is 0 Å². The lowest BCUT2D eigenvalue weighted by molar-refractivity contribution is 0.0946. The standard InChI is InChI=1S/C7H8N2O3/c10-6(8-4-1-2-4)5-3-12-7(11)9-5/h3-4H,1-2H2,(H,8,10)(H,9,11). The van der Waals surface area contributed by atoms with Gasteiger partial charge in [0.15, 0.2) is 0 Å². The average molecular weight is 168 g/mol. The molecule has 1 aliphatic rings. The van der Waals surface area contributed by atoms with Crippen LogP contribution in [-0.2, 0) is 0 Å². The van der Waals surface area contributed by atoms with Crippen LogP contribution in [0.5, 0.6) is 0 Å². The molecule has 0 radical (unpaired) electrons. The van der Waals surface area contributed by atoms with Gasteiger partial charge in [-0.1, -0.05) is 0 Å². The summed E-state index contributed by atoms with van der Waals surface area (Å²) in [4.78, 5) is 23.9. The number of aromatic nitrogens is 1. The van der Waals surface area contributed by atoms with E-state index in [2.05, 4.69) is 14.7 Å². The Morgan fingerprint density at radius 1 is 1.67 bits per heavy atom. The lowest BCUT2D eigenvalue weighted by Crippen LogP contribution is -2.26. The number of oxazole rings is 1. The van der Waals surface area contributed by atoms with Gasteiger partial charge in [-0.2, -0.15) is 0 Å². The minimum Gasteiger partial charge on any atom is -0.416 e. The molecule has 0 spiro atoms. The third-order valence-electron chi connectivity index (χ3n) is 1.68. The van der Waals surface area contributed by atoms with Gasteiger partial charge in [-0.3, -0.25) is 9.78 Å². The maximum absolute atomic E-state index is 11.2. The normalized spacial score (nSPS) is 16.0. The molecule has 1 aromatic heterocycles. The second-order valence-electron chi connectivity index (χ2n) is 2.81. The molecule has 1 aromatic rings. The summed E-state index contributed by atoms with van der Waals surface area (Å²) in [5.74, 6) is -0.876.